The maximum absolute atomic E-state index is 6.35. The molecule has 0 aliphatic heterocycles. The van der Waals surface area contributed by atoms with E-state index in [0.717, 1.165) is 56.8 Å². The molecule has 3 unspecified atom stereocenters. The minimum absolute atomic E-state index is 0.126. The van der Waals surface area contributed by atoms with Crippen molar-refractivity contribution in [2.75, 3.05) is 4.90 Å². The van der Waals surface area contributed by atoms with Crippen LogP contribution >= 0.6 is 0 Å². The highest BCUT2D eigenvalue weighted by atomic mass is 16.3. The number of hydrogen-bond acceptors (Lipinski definition) is 2. The molecule has 67 heavy (non-hydrogen) atoms. The van der Waals surface area contributed by atoms with Gasteiger partial charge >= 0.3 is 0 Å². The predicted octanol–water partition coefficient (Wildman–Crippen LogP) is 17.3. The van der Waals surface area contributed by atoms with E-state index in [1.807, 2.05) is 6.07 Å². The van der Waals surface area contributed by atoms with Gasteiger partial charge in [0.15, 0.2) is 0 Å². The monoisotopic (exact) mass is 861 g/mol. The summed E-state index contributed by atoms with van der Waals surface area (Å²) < 4.78 is 6.35. The first kappa shape index (κ1) is 38.8. The van der Waals surface area contributed by atoms with E-state index in [4.69, 9.17) is 4.42 Å². The quantitative estimate of drug-likeness (QED) is 0.159. The van der Waals surface area contributed by atoms with Gasteiger partial charge in [0.05, 0.1) is 5.41 Å². The Hall–Kier alpha value is -7.42. The molecule has 10 aromatic rings. The van der Waals surface area contributed by atoms with Crippen molar-refractivity contribution in [3.63, 3.8) is 0 Å². The van der Waals surface area contributed by atoms with Crippen LogP contribution in [0.15, 0.2) is 211 Å². The van der Waals surface area contributed by atoms with E-state index in [1.54, 1.807) is 5.56 Å². The average Bonchev–Trinajstić information content (AvgIpc) is 4.21. The molecular weight excluding hydrogens is 811 g/mol. The van der Waals surface area contributed by atoms with Gasteiger partial charge in [-0.15, -0.1) is 0 Å². The summed E-state index contributed by atoms with van der Waals surface area (Å²) in [4.78, 5) is 2.44. The molecule has 4 aliphatic carbocycles. The number of fused-ring (bicyclic) bond motifs is 11. The van der Waals surface area contributed by atoms with Gasteiger partial charge in [-0.1, -0.05) is 172 Å². The third-order valence-electron chi connectivity index (χ3n) is 16.6. The second-order valence-electron chi connectivity index (χ2n) is 20.4. The molecule has 0 spiro atoms. The summed E-state index contributed by atoms with van der Waals surface area (Å²) >= 11 is 0. The van der Waals surface area contributed by atoms with Crippen molar-refractivity contribution in [2.24, 2.45) is 11.8 Å². The Bertz CT molecular complexity index is 3540. The van der Waals surface area contributed by atoms with Crippen LogP contribution in [0, 0.1) is 11.8 Å². The minimum Gasteiger partial charge on any atom is -0.456 e. The van der Waals surface area contributed by atoms with Crippen molar-refractivity contribution in [3.05, 3.63) is 245 Å². The molecule has 0 amide bonds. The van der Waals surface area contributed by atoms with Crippen molar-refractivity contribution in [1.82, 2.24) is 0 Å². The van der Waals surface area contributed by atoms with Crippen molar-refractivity contribution >= 4 is 39.0 Å². The lowest BCUT2D eigenvalue weighted by molar-refractivity contribution is 0.419. The number of benzene rings is 9. The van der Waals surface area contributed by atoms with E-state index in [1.165, 1.54) is 92.4 Å². The van der Waals surface area contributed by atoms with E-state index in [0.29, 0.717) is 0 Å². The maximum Gasteiger partial charge on any atom is 0.135 e. The average molecular weight is 862 g/mol. The van der Waals surface area contributed by atoms with Crippen LogP contribution in [0.5, 0.6) is 0 Å². The first-order chi connectivity index (χ1) is 32.9. The Balaban J connectivity index is 0.878. The Morgan fingerprint density at radius 2 is 1.04 bits per heavy atom. The van der Waals surface area contributed by atoms with Crippen molar-refractivity contribution in [3.8, 4) is 33.4 Å². The molecule has 2 saturated carbocycles. The Morgan fingerprint density at radius 3 is 1.81 bits per heavy atom. The highest BCUT2D eigenvalue weighted by molar-refractivity contribution is 6.06. The van der Waals surface area contributed by atoms with E-state index in [2.05, 4.69) is 219 Å². The first-order valence-electron chi connectivity index (χ1n) is 24.4. The lowest BCUT2D eigenvalue weighted by Gasteiger charge is -2.33. The zero-order valence-corrected chi connectivity index (χ0v) is 38.0. The summed E-state index contributed by atoms with van der Waals surface area (Å²) in [7, 11) is 0. The van der Waals surface area contributed by atoms with Crippen LogP contribution in [0.25, 0.3) is 55.3 Å². The molecule has 4 aliphatic rings. The number of rotatable bonds is 7. The second-order valence-corrected chi connectivity index (χ2v) is 20.4. The molecule has 1 aromatic heterocycles. The fourth-order valence-corrected chi connectivity index (χ4v) is 13.5. The van der Waals surface area contributed by atoms with Gasteiger partial charge in [0, 0.05) is 33.2 Å². The molecule has 0 radical (unpaired) electrons. The summed E-state index contributed by atoms with van der Waals surface area (Å²) in [5, 5.41) is 2.26. The fourth-order valence-electron chi connectivity index (χ4n) is 13.5. The van der Waals surface area contributed by atoms with Gasteiger partial charge in [-0.05, 0) is 164 Å². The number of nitrogens with zero attached hydrogens (tertiary/aromatic N) is 1. The molecule has 322 valence electrons. The third kappa shape index (κ3) is 5.69. The Labute approximate surface area is 393 Å². The van der Waals surface area contributed by atoms with Crippen molar-refractivity contribution < 1.29 is 4.42 Å². The van der Waals surface area contributed by atoms with Gasteiger partial charge in [0.1, 0.15) is 11.2 Å². The Kier molecular flexibility index (Phi) is 8.42. The maximum atomic E-state index is 6.35. The number of hydrogen-bond donors (Lipinski definition) is 0. The molecular formula is C65H51NO. The highest BCUT2D eigenvalue weighted by Gasteiger charge is 2.46. The largest absolute Gasteiger partial charge is 0.456 e. The zero-order chi connectivity index (χ0) is 44.4. The summed E-state index contributed by atoms with van der Waals surface area (Å²) in [5.74, 6) is 2.52. The predicted molar refractivity (Wildman–Crippen MR) is 277 cm³/mol. The smallest absolute Gasteiger partial charge is 0.135 e. The first-order valence-corrected chi connectivity index (χ1v) is 24.4. The van der Waals surface area contributed by atoms with Crippen LogP contribution in [0.4, 0.5) is 17.1 Å². The summed E-state index contributed by atoms with van der Waals surface area (Å²) in [6.07, 6.45) is 5.64. The summed E-state index contributed by atoms with van der Waals surface area (Å²) in [6.45, 7) is 4.88. The molecule has 0 saturated heterocycles. The third-order valence-corrected chi connectivity index (χ3v) is 16.6. The van der Waals surface area contributed by atoms with E-state index >= 15 is 0 Å². The lowest BCUT2D eigenvalue weighted by atomic mass is 9.67. The second kappa shape index (κ2) is 14.5. The molecule has 14 rings (SSSR count). The van der Waals surface area contributed by atoms with Crippen LogP contribution < -0.4 is 4.90 Å². The molecule has 2 fully saturated rings. The molecule has 3 atom stereocenters. The van der Waals surface area contributed by atoms with Crippen molar-refractivity contribution in [2.45, 2.75) is 56.3 Å². The fraction of sp³-hybridized carbons (Fsp3) is 0.169. The minimum atomic E-state index is -0.414. The van der Waals surface area contributed by atoms with Gasteiger partial charge in [0.25, 0.3) is 0 Å². The van der Waals surface area contributed by atoms with E-state index in [9.17, 15) is 0 Å². The van der Waals surface area contributed by atoms with Crippen LogP contribution in [-0.2, 0) is 10.8 Å². The van der Waals surface area contributed by atoms with Gasteiger partial charge in [-0.2, -0.15) is 0 Å². The summed E-state index contributed by atoms with van der Waals surface area (Å²) in [6, 6.07) is 77.2. The SMILES string of the molecule is CC1(C)c2cc(C3CC4CCC3C4)ccc2-c2ccc(N(c3ccc(-c4ccc5c(c4)-c4ccccc4C5(c4ccccc4)c4ccccc4)cc3)c3ccc4oc5ccccc5c4c3)cc21. The van der Waals surface area contributed by atoms with E-state index < -0.39 is 5.41 Å². The van der Waals surface area contributed by atoms with Crippen LogP contribution in [0.1, 0.15) is 84.4 Å². The summed E-state index contributed by atoms with van der Waals surface area (Å²) in [5.41, 5.74) is 22.0. The highest BCUT2D eigenvalue weighted by Crippen LogP contribution is 2.58. The number of anilines is 3. The lowest BCUT2D eigenvalue weighted by Crippen LogP contribution is -2.28. The zero-order valence-electron chi connectivity index (χ0n) is 38.0. The molecule has 2 nitrogen and oxygen atoms in total. The number of furan rings is 1. The molecule has 0 N–H and O–H groups in total. The molecule has 2 bridgehead atoms. The van der Waals surface area contributed by atoms with Gasteiger partial charge < -0.3 is 9.32 Å². The standard InChI is InChI=1S/C65H51NO/c1-64(2)60-38-45(55-36-41-21-22-44(55)35-41)25-31-52(60)53-32-29-50(40-61(53)64)66(49-30-34-63-57(39-49)54-18-10-12-20-62(54)67-63)48-27-23-42(24-28-48)43-26-33-59-56(37-43)51-17-9-11-19-58(51)65(59,46-13-5-3-6-14-46)47-15-7-4-8-16-47/h3-20,23-34,37-41,44,55H,21-22,35-36H2,1-2H3. The van der Waals surface area contributed by atoms with Crippen LogP contribution in [0.3, 0.4) is 0 Å². The molecule has 1 heterocycles. The van der Waals surface area contributed by atoms with Crippen molar-refractivity contribution in [1.29, 1.82) is 0 Å². The van der Waals surface area contributed by atoms with E-state index in [-0.39, 0.29) is 5.41 Å². The van der Waals surface area contributed by atoms with Crippen LogP contribution in [-0.4, -0.2) is 0 Å². The van der Waals surface area contributed by atoms with Gasteiger partial charge in [-0.25, -0.2) is 0 Å². The molecule has 2 heteroatoms. The van der Waals surface area contributed by atoms with Gasteiger partial charge in [0.2, 0.25) is 0 Å². The van der Waals surface area contributed by atoms with Crippen LogP contribution in [0.2, 0.25) is 0 Å². The normalized spacial score (nSPS) is 19.0. The topological polar surface area (TPSA) is 16.4 Å². The number of para-hydroxylation sites is 1. The molecule has 9 aromatic carbocycles. The van der Waals surface area contributed by atoms with Gasteiger partial charge in [-0.3, -0.25) is 0 Å². The Morgan fingerprint density at radius 1 is 0.433 bits per heavy atom.